The molecule has 162 valence electrons. The number of ether oxygens (including phenoxy) is 2. The van der Waals surface area contributed by atoms with Gasteiger partial charge in [0.1, 0.15) is 10.6 Å². The van der Waals surface area contributed by atoms with Gasteiger partial charge in [-0.3, -0.25) is 9.59 Å². The molecule has 29 heavy (non-hydrogen) atoms. The molecule has 1 aliphatic rings. The number of esters is 1. The number of benzene rings is 1. The van der Waals surface area contributed by atoms with Gasteiger partial charge in [-0.15, -0.1) is 0 Å². The molecule has 1 amide bonds. The molecule has 1 aromatic carbocycles. The molecule has 8 nitrogen and oxygen atoms in total. The first-order chi connectivity index (χ1) is 13.8. The van der Waals surface area contributed by atoms with Crippen LogP contribution in [0.15, 0.2) is 23.1 Å². The summed E-state index contributed by atoms with van der Waals surface area (Å²) in [5.74, 6) is -0.664. The first-order valence-electron chi connectivity index (χ1n) is 9.91. The summed E-state index contributed by atoms with van der Waals surface area (Å²) >= 11 is 0. The summed E-state index contributed by atoms with van der Waals surface area (Å²) in [6, 6.07) is 4.32. The Morgan fingerprint density at radius 2 is 1.79 bits per heavy atom. The second kappa shape index (κ2) is 10.6. The van der Waals surface area contributed by atoms with Crippen molar-refractivity contribution >= 4 is 21.9 Å². The van der Waals surface area contributed by atoms with Crippen molar-refractivity contribution in [3.8, 4) is 5.75 Å². The Morgan fingerprint density at radius 1 is 1.14 bits per heavy atom. The van der Waals surface area contributed by atoms with E-state index in [1.165, 1.54) is 29.6 Å². The second-order valence-electron chi connectivity index (χ2n) is 7.23. The van der Waals surface area contributed by atoms with Gasteiger partial charge in [-0.25, -0.2) is 8.42 Å². The van der Waals surface area contributed by atoms with Crippen molar-refractivity contribution in [3.63, 3.8) is 0 Å². The number of methoxy groups -OCH3 is 1. The highest BCUT2D eigenvalue weighted by Crippen LogP contribution is 2.29. The van der Waals surface area contributed by atoms with Crippen molar-refractivity contribution in [2.24, 2.45) is 0 Å². The number of hydrogen-bond acceptors (Lipinski definition) is 6. The van der Waals surface area contributed by atoms with Gasteiger partial charge in [0.05, 0.1) is 19.6 Å². The molecule has 1 heterocycles. The van der Waals surface area contributed by atoms with Gasteiger partial charge in [0, 0.05) is 25.2 Å². The average Bonchev–Trinajstić information content (AvgIpc) is 2.97. The Labute approximate surface area is 172 Å². The van der Waals surface area contributed by atoms with Crippen LogP contribution in [-0.4, -0.2) is 57.4 Å². The van der Waals surface area contributed by atoms with Crippen LogP contribution in [0.2, 0.25) is 0 Å². The fourth-order valence-electron chi connectivity index (χ4n) is 3.14. The maximum absolute atomic E-state index is 13.2. The van der Waals surface area contributed by atoms with Crippen LogP contribution in [0, 0.1) is 0 Å². The molecule has 1 aromatic rings. The van der Waals surface area contributed by atoms with Crippen LogP contribution in [0.5, 0.6) is 5.75 Å². The van der Waals surface area contributed by atoms with E-state index in [1.807, 2.05) is 0 Å². The third-order valence-corrected chi connectivity index (χ3v) is 6.51. The zero-order chi connectivity index (χ0) is 21.4. The highest BCUT2D eigenvalue weighted by molar-refractivity contribution is 7.89. The van der Waals surface area contributed by atoms with Gasteiger partial charge in [0.25, 0.3) is 5.91 Å². The van der Waals surface area contributed by atoms with E-state index in [-0.39, 0.29) is 35.3 Å². The Bertz CT molecular complexity index is 814. The van der Waals surface area contributed by atoms with Gasteiger partial charge >= 0.3 is 5.97 Å². The number of hydrogen-bond donors (Lipinski definition) is 1. The van der Waals surface area contributed by atoms with Crippen LogP contribution in [0.3, 0.4) is 0 Å². The van der Waals surface area contributed by atoms with Gasteiger partial charge < -0.3 is 14.8 Å². The van der Waals surface area contributed by atoms with Crippen LogP contribution in [0.1, 0.15) is 56.3 Å². The van der Waals surface area contributed by atoms with Gasteiger partial charge in [0.15, 0.2) is 0 Å². The Balaban J connectivity index is 2.15. The summed E-state index contributed by atoms with van der Waals surface area (Å²) in [6.45, 7) is 4.52. The smallest absolute Gasteiger partial charge is 0.307 e. The number of nitrogens with one attached hydrogen (secondary N) is 1. The molecule has 1 fully saturated rings. The van der Waals surface area contributed by atoms with E-state index in [9.17, 15) is 18.0 Å². The van der Waals surface area contributed by atoms with Crippen LogP contribution < -0.4 is 10.1 Å². The van der Waals surface area contributed by atoms with E-state index in [0.717, 1.165) is 25.7 Å². The number of sulfonamides is 1. The first kappa shape index (κ1) is 23.2. The van der Waals surface area contributed by atoms with E-state index in [4.69, 9.17) is 9.47 Å². The normalized spacial score (nSPS) is 15.6. The van der Waals surface area contributed by atoms with Gasteiger partial charge in [-0.05, 0) is 44.9 Å². The molecule has 1 saturated heterocycles. The largest absolute Gasteiger partial charge is 0.495 e. The number of amides is 1. The summed E-state index contributed by atoms with van der Waals surface area (Å²) in [5, 5.41) is 2.62. The standard InChI is InChI=1S/C20H30N2O6S/c1-15(2)28-19(23)10-11-21-20(24)16-8-9-17(27-3)18(14-16)29(25,26)22-12-6-4-5-7-13-22/h8-9,14-15H,4-7,10-13H2,1-3H3,(H,21,24). The maximum Gasteiger partial charge on any atom is 0.307 e. The maximum atomic E-state index is 13.2. The van der Waals surface area contributed by atoms with Crippen molar-refractivity contribution in [1.29, 1.82) is 0 Å². The fraction of sp³-hybridized carbons (Fsp3) is 0.600. The molecule has 9 heteroatoms. The third kappa shape index (κ3) is 6.43. The molecule has 2 rings (SSSR count). The summed E-state index contributed by atoms with van der Waals surface area (Å²) in [6.07, 6.45) is 3.46. The predicted octanol–water partition coefficient (Wildman–Crippen LogP) is 2.33. The van der Waals surface area contributed by atoms with E-state index < -0.39 is 21.9 Å². The van der Waals surface area contributed by atoms with Crippen molar-refractivity contribution in [3.05, 3.63) is 23.8 Å². The molecule has 0 aliphatic carbocycles. The van der Waals surface area contributed by atoms with Crippen LogP contribution in [-0.2, 0) is 19.6 Å². The lowest BCUT2D eigenvalue weighted by Crippen LogP contribution is -2.32. The lowest BCUT2D eigenvalue weighted by atomic mass is 10.2. The predicted molar refractivity (Wildman–Crippen MR) is 108 cm³/mol. The lowest BCUT2D eigenvalue weighted by molar-refractivity contribution is -0.147. The highest BCUT2D eigenvalue weighted by atomic mass is 32.2. The molecule has 0 atom stereocenters. The van der Waals surface area contributed by atoms with Crippen molar-refractivity contribution in [2.45, 2.75) is 57.0 Å². The molecule has 1 aliphatic heterocycles. The summed E-state index contributed by atoms with van der Waals surface area (Å²) in [5.41, 5.74) is 0.191. The van der Waals surface area contributed by atoms with E-state index >= 15 is 0 Å². The number of nitrogens with zero attached hydrogens (tertiary/aromatic N) is 1. The Morgan fingerprint density at radius 3 is 2.38 bits per heavy atom. The summed E-state index contributed by atoms with van der Waals surface area (Å²) < 4.78 is 38.0. The third-order valence-electron chi connectivity index (χ3n) is 4.59. The molecular weight excluding hydrogens is 396 g/mol. The summed E-state index contributed by atoms with van der Waals surface area (Å²) in [7, 11) is -2.38. The monoisotopic (exact) mass is 426 g/mol. The van der Waals surface area contributed by atoms with Gasteiger partial charge in [-0.2, -0.15) is 4.31 Å². The average molecular weight is 427 g/mol. The molecule has 0 aromatic heterocycles. The quantitative estimate of drug-likeness (QED) is 0.640. The van der Waals surface area contributed by atoms with Crippen LogP contribution in [0.4, 0.5) is 0 Å². The lowest BCUT2D eigenvalue weighted by Gasteiger charge is -2.21. The van der Waals surface area contributed by atoms with Gasteiger partial charge in [0.2, 0.25) is 10.0 Å². The van der Waals surface area contributed by atoms with Crippen LogP contribution in [0.25, 0.3) is 0 Å². The van der Waals surface area contributed by atoms with Crippen molar-refractivity contribution < 1.29 is 27.5 Å². The second-order valence-corrected chi connectivity index (χ2v) is 9.13. The minimum absolute atomic E-state index is 0.0197. The fourth-order valence-corrected chi connectivity index (χ4v) is 4.84. The molecule has 0 bridgehead atoms. The molecule has 0 saturated carbocycles. The highest BCUT2D eigenvalue weighted by Gasteiger charge is 2.29. The van der Waals surface area contributed by atoms with E-state index in [1.54, 1.807) is 13.8 Å². The zero-order valence-corrected chi connectivity index (χ0v) is 18.1. The Hall–Kier alpha value is -2.13. The minimum Gasteiger partial charge on any atom is -0.495 e. The minimum atomic E-state index is -3.78. The molecule has 0 radical (unpaired) electrons. The SMILES string of the molecule is COc1ccc(C(=O)NCCC(=O)OC(C)C)cc1S(=O)(=O)N1CCCCCC1. The summed E-state index contributed by atoms with van der Waals surface area (Å²) in [4.78, 5) is 24.0. The molecule has 0 spiro atoms. The topological polar surface area (TPSA) is 102 Å². The first-order valence-corrected chi connectivity index (χ1v) is 11.4. The van der Waals surface area contributed by atoms with Crippen molar-refractivity contribution in [2.75, 3.05) is 26.7 Å². The molecular formula is C20H30N2O6S. The number of carbonyl (C=O) groups excluding carboxylic acids is 2. The zero-order valence-electron chi connectivity index (χ0n) is 17.3. The van der Waals surface area contributed by atoms with E-state index in [2.05, 4.69) is 5.32 Å². The van der Waals surface area contributed by atoms with E-state index in [0.29, 0.717) is 13.1 Å². The molecule has 1 N–H and O–H groups in total. The van der Waals surface area contributed by atoms with Crippen molar-refractivity contribution in [1.82, 2.24) is 9.62 Å². The van der Waals surface area contributed by atoms with Crippen LogP contribution >= 0.6 is 0 Å². The number of carbonyl (C=O) groups is 2. The molecule has 0 unspecified atom stereocenters. The number of rotatable bonds is 8. The van der Waals surface area contributed by atoms with Gasteiger partial charge in [-0.1, -0.05) is 12.8 Å². The Kier molecular flexibility index (Phi) is 8.45.